The Hall–Kier alpha value is -1.62. The van der Waals surface area contributed by atoms with E-state index in [0.29, 0.717) is 23.7 Å². The summed E-state index contributed by atoms with van der Waals surface area (Å²) in [5.74, 6) is 6.16. The molecule has 1 amide bonds. The van der Waals surface area contributed by atoms with E-state index in [9.17, 15) is 4.79 Å². The highest BCUT2D eigenvalue weighted by Gasteiger charge is 2.24. The van der Waals surface area contributed by atoms with Crippen molar-refractivity contribution in [3.63, 3.8) is 0 Å². The minimum atomic E-state index is 0.00912. The smallest absolute Gasteiger partial charge is 0.257 e. The zero-order chi connectivity index (χ0) is 13.8. The van der Waals surface area contributed by atoms with Crippen molar-refractivity contribution in [1.29, 1.82) is 0 Å². The van der Waals surface area contributed by atoms with E-state index >= 15 is 0 Å². The quantitative estimate of drug-likeness (QED) is 0.628. The molecular weight excluding hydrogens is 240 g/mol. The van der Waals surface area contributed by atoms with Crippen LogP contribution in [-0.4, -0.2) is 28.9 Å². The van der Waals surface area contributed by atoms with Crippen LogP contribution in [0.4, 0.5) is 5.69 Å². The number of nitrogen functional groups attached to an aromatic ring is 1. The van der Waals surface area contributed by atoms with E-state index in [0.717, 1.165) is 12.2 Å². The molecule has 0 atom stereocenters. The molecule has 1 aliphatic carbocycles. The maximum Gasteiger partial charge on any atom is 0.257 e. The fourth-order valence-corrected chi connectivity index (χ4v) is 2.36. The lowest BCUT2D eigenvalue weighted by molar-refractivity contribution is 0.0707. The number of anilines is 1. The molecule has 1 aromatic rings. The minimum absolute atomic E-state index is 0.00912. The number of amides is 1. The molecule has 19 heavy (non-hydrogen) atoms. The molecule has 0 bridgehead atoms. The molecule has 1 fully saturated rings. The topological polar surface area (TPSA) is 71.2 Å². The van der Waals surface area contributed by atoms with Crippen LogP contribution in [0.1, 0.15) is 42.2 Å². The zero-order valence-corrected chi connectivity index (χ0v) is 11.6. The highest BCUT2D eigenvalue weighted by Crippen LogP contribution is 2.28. The predicted octanol–water partition coefficient (Wildman–Crippen LogP) is 1.94. The number of pyridine rings is 1. The largest absolute Gasteiger partial charge is 0.339 e. The van der Waals surface area contributed by atoms with Crippen molar-refractivity contribution in [1.82, 2.24) is 9.88 Å². The molecule has 0 unspecified atom stereocenters. The Labute approximate surface area is 114 Å². The second-order valence-corrected chi connectivity index (χ2v) is 5.16. The van der Waals surface area contributed by atoms with E-state index in [4.69, 9.17) is 5.84 Å². The number of hydrazine groups is 1. The third-order valence-electron chi connectivity index (χ3n) is 3.80. The molecule has 1 aromatic heterocycles. The van der Waals surface area contributed by atoms with Crippen LogP contribution in [-0.2, 0) is 0 Å². The average molecular weight is 262 g/mol. The van der Waals surface area contributed by atoms with Gasteiger partial charge >= 0.3 is 0 Å². The van der Waals surface area contributed by atoms with E-state index in [1.54, 1.807) is 12.3 Å². The summed E-state index contributed by atoms with van der Waals surface area (Å²) in [6, 6.07) is 1.80. The van der Waals surface area contributed by atoms with Crippen LogP contribution in [0.3, 0.4) is 0 Å². The Morgan fingerprint density at radius 3 is 2.84 bits per heavy atom. The summed E-state index contributed by atoms with van der Waals surface area (Å²) in [6.45, 7) is 5.44. The first-order valence-electron chi connectivity index (χ1n) is 6.88. The van der Waals surface area contributed by atoms with Crippen LogP contribution in [0.2, 0.25) is 0 Å². The lowest BCUT2D eigenvalue weighted by atomic mass is 9.85. The van der Waals surface area contributed by atoms with Gasteiger partial charge in [-0.05, 0) is 38.7 Å². The molecular formula is C14H22N4O. The van der Waals surface area contributed by atoms with Gasteiger partial charge in [0.1, 0.15) is 0 Å². The summed E-state index contributed by atoms with van der Waals surface area (Å²) in [4.78, 5) is 18.6. The van der Waals surface area contributed by atoms with Gasteiger partial charge in [-0.1, -0.05) is 6.42 Å². The van der Waals surface area contributed by atoms with Crippen molar-refractivity contribution in [3.05, 3.63) is 23.5 Å². The number of nitrogens with one attached hydrogen (secondary N) is 1. The number of rotatable bonds is 5. The van der Waals surface area contributed by atoms with Crippen LogP contribution in [0, 0.1) is 12.8 Å². The molecule has 0 radical (unpaired) electrons. The molecule has 0 spiro atoms. The normalized spacial score (nSPS) is 14.9. The number of aryl methyl sites for hydroxylation is 1. The molecule has 5 nitrogen and oxygen atoms in total. The number of aromatic nitrogens is 1. The molecule has 104 valence electrons. The summed E-state index contributed by atoms with van der Waals surface area (Å²) in [7, 11) is 0. The molecule has 0 saturated heterocycles. The van der Waals surface area contributed by atoms with E-state index in [1.807, 2.05) is 18.7 Å². The van der Waals surface area contributed by atoms with Gasteiger partial charge in [-0.25, -0.2) is 0 Å². The van der Waals surface area contributed by atoms with Crippen LogP contribution in [0.15, 0.2) is 12.3 Å². The van der Waals surface area contributed by atoms with Crippen molar-refractivity contribution >= 4 is 11.6 Å². The zero-order valence-electron chi connectivity index (χ0n) is 11.6. The number of hydrogen-bond donors (Lipinski definition) is 2. The minimum Gasteiger partial charge on any atom is -0.339 e. The molecule has 2 rings (SSSR count). The van der Waals surface area contributed by atoms with Gasteiger partial charge in [0.2, 0.25) is 0 Å². The highest BCUT2D eigenvalue weighted by atomic mass is 16.2. The fraction of sp³-hybridized carbons (Fsp3) is 0.571. The first kappa shape index (κ1) is 13.8. The molecule has 1 heterocycles. The Bertz CT molecular complexity index is 457. The van der Waals surface area contributed by atoms with Gasteiger partial charge in [0.25, 0.3) is 5.91 Å². The highest BCUT2D eigenvalue weighted by molar-refractivity contribution is 5.99. The van der Waals surface area contributed by atoms with Gasteiger partial charge in [0.05, 0.1) is 11.3 Å². The summed E-state index contributed by atoms with van der Waals surface area (Å²) in [5.41, 5.74) is 4.62. The van der Waals surface area contributed by atoms with Crippen LogP contribution in [0.5, 0.6) is 0 Å². The first-order chi connectivity index (χ1) is 9.15. The second kappa shape index (κ2) is 6.02. The van der Waals surface area contributed by atoms with Crippen molar-refractivity contribution in [3.8, 4) is 0 Å². The lowest BCUT2D eigenvalue weighted by Crippen LogP contribution is -2.37. The van der Waals surface area contributed by atoms with Gasteiger partial charge in [0, 0.05) is 25.0 Å². The monoisotopic (exact) mass is 262 g/mol. The average Bonchev–Trinajstić information content (AvgIpc) is 2.37. The van der Waals surface area contributed by atoms with Crippen LogP contribution < -0.4 is 11.3 Å². The van der Waals surface area contributed by atoms with Crippen molar-refractivity contribution in [2.24, 2.45) is 11.8 Å². The third-order valence-corrected chi connectivity index (χ3v) is 3.80. The number of nitrogens with two attached hydrogens (primary N) is 1. The van der Waals surface area contributed by atoms with Crippen molar-refractivity contribution < 1.29 is 4.79 Å². The molecule has 5 heteroatoms. The Morgan fingerprint density at radius 2 is 2.32 bits per heavy atom. The van der Waals surface area contributed by atoms with Crippen LogP contribution >= 0.6 is 0 Å². The Morgan fingerprint density at radius 1 is 1.58 bits per heavy atom. The molecule has 3 N–H and O–H groups in total. The van der Waals surface area contributed by atoms with Gasteiger partial charge in [-0.3, -0.25) is 15.6 Å². The fourth-order valence-electron chi connectivity index (χ4n) is 2.36. The van der Waals surface area contributed by atoms with E-state index in [1.165, 1.54) is 19.3 Å². The second-order valence-electron chi connectivity index (χ2n) is 5.16. The van der Waals surface area contributed by atoms with E-state index in [2.05, 4.69) is 10.4 Å². The Kier molecular flexibility index (Phi) is 4.37. The summed E-state index contributed by atoms with van der Waals surface area (Å²) < 4.78 is 0. The molecule has 0 aromatic carbocycles. The van der Waals surface area contributed by atoms with E-state index in [-0.39, 0.29) is 5.91 Å². The summed E-state index contributed by atoms with van der Waals surface area (Å²) in [5, 5.41) is 0. The summed E-state index contributed by atoms with van der Waals surface area (Å²) in [6.07, 6.45) is 5.37. The third kappa shape index (κ3) is 3.04. The van der Waals surface area contributed by atoms with Gasteiger partial charge in [0.15, 0.2) is 0 Å². The van der Waals surface area contributed by atoms with Crippen LogP contribution in [0.25, 0.3) is 0 Å². The van der Waals surface area contributed by atoms with Gasteiger partial charge < -0.3 is 10.3 Å². The maximum atomic E-state index is 12.5. The number of hydrogen-bond acceptors (Lipinski definition) is 4. The number of carbonyl (C=O) groups is 1. The SMILES string of the molecule is CCN(CC1CCC1)C(=O)c1cnc(C)cc1NN. The standard InChI is InChI=1S/C14H22N4O/c1-3-18(9-11-5-4-6-11)14(19)12-8-16-10(2)7-13(12)17-15/h7-8,11H,3-6,9,15H2,1-2H3,(H,16,17). The number of nitrogens with zero attached hydrogens (tertiary/aromatic N) is 2. The molecule has 0 aliphatic heterocycles. The predicted molar refractivity (Wildman–Crippen MR) is 75.7 cm³/mol. The van der Waals surface area contributed by atoms with Gasteiger partial charge in [-0.15, -0.1) is 0 Å². The molecule has 1 aliphatic rings. The Balaban J connectivity index is 2.16. The van der Waals surface area contributed by atoms with E-state index < -0.39 is 0 Å². The van der Waals surface area contributed by atoms with Crippen molar-refractivity contribution in [2.75, 3.05) is 18.5 Å². The molecule has 1 saturated carbocycles. The number of carbonyl (C=O) groups excluding carboxylic acids is 1. The first-order valence-corrected chi connectivity index (χ1v) is 6.88. The van der Waals surface area contributed by atoms with Gasteiger partial charge in [-0.2, -0.15) is 0 Å². The lowest BCUT2D eigenvalue weighted by Gasteiger charge is -2.32. The maximum absolute atomic E-state index is 12.5. The van der Waals surface area contributed by atoms with Crippen molar-refractivity contribution in [2.45, 2.75) is 33.1 Å². The summed E-state index contributed by atoms with van der Waals surface area (Å²) >= 11 is 0.